The molecule has 22 heavy (non-hydrogen) atoms. The lowest BCUT2D eigenvalue weighted by atomic mass is 10.2. The highest BCUT2D eigenvalue weighted by atomic mass is 127. The van der Waals surface area contributed by atoms with Crippen LogP contribution in [0.1, 0.15) is 27.6 Å². The van der Waals surface area contributed by atoms with Crippen LogP contribution < -0.4 is 5.32 Å². The molecule has 0 saturated carbocycles. The summed E-state index contributed by atoms with van der Waals surface area (Å²) in [7, 11) is 0. The second-order valence-electron chi connectivity index (χ2n) is 4.35. The molecule has 0 aliphatic carbocycles. The predicted molar refractivity (Wildman–Crippen MR) is 94.5 cm³/mol. The van der Waals surface area contributed by atoms with E-state index in [1.807, 2.05) is 12.1 Å². The van der Waals surface area contributed by atoms with Crippen molar-refractivity contribution >= 4 is 51.8 Å². The van der Waals surface area contributed by atoms with Gasteiger partial charge in [0.1, 0.15) is 0 Å². The molecule has 2 aromatic rings. The maximum atomic E-state index is 12.2. The Morgan fingerprint density at radius 1 is 1.18 bits per heavy atom. The highest BCUT2D eigenvalue weighted by molar-refractivity contribution is 14.1. The first-order valence-electron chi connectivity index (χ1n) is 6.55. The summed E-state index contributed by atoms with van der Waals surface area (Å²) in [6.07, 6.45) is 0. The van der Waals surface area contributed by atoms with Crippen LogP contribution in [0.2, 0.25) is 5.02 Å². The highest BCUT2D eigenvalue weighted by Gasteiger charge is 2.14. The Morgan fingerprint density at radius 2 is 1.91 bits per heavy atom. The van der Waals surface area contributed by atoms with Crippen molar-refractivity contribution in [2.75, 3.05) is 11.9 Å². The quantitative estimate of drug-likeness (QED) is 0.580. The standard InChI is InChI=1S/C16H13ClINO3/c1-2-22-16(21)11-8-7-10(9-13(11)17)19-15(20)12-5-3-4-6-14(12)18/h3-9H,2H2,1H3,(H,19,20). The topological polar surface area (TPSA) is 55.4 Å². The van der Waals surface area contributed by atoms with Gasteiger partial charge < -0.3 is 10.1 Å². The molecule has 0 fully saturated rings. The summed E-state index contributed by atoms with van der Waals surface area (Å²) in [4.78, 5) is 23.9. The summed E-state index contributed by atoms with van der Waals surface area (Å²) >= 11 is 8.17. The first kappa shape index (κ1) is 16.8. The summed E-state index contributed by atoms with van der Waals surface area (Å²) in [6.45, 7) is 2.00. The molecular weight excluding hydrogens is 417 g/mol. The van der Waals surface area contributed by atoms with E-state index in [1.54, 1.807) is 25.1 Å². The Balaban J connectivity index is 2.18. The smallest absolute Gasteiger partial charge is 0.339 e. The van der Waals surface area contributed by atoms with Gasteiger partial charge in [-0.25, -0.2) is 4.79 Å². The van der Waals surface area contributed by atoms with Gasteiger partial charge in [-0.2, -0.15) is 0 Å². The molecule has 6 heteroatoms. The molecule has 0 spiro atoms. The van der Waals surface area contributed by atoms with Gasteiger partial charge in [-0.3, -0.25) is 4.79 Å². The summed E-state index contributed by atoms with van der Waals surface area (Å²) in [5.41, 5.74) is 1.37. The number of amides is 1. The number of hydrogen-bond acceptors (Lipinski definition) is 3. The van der Waals surface area contributed by atoms with Gasteiger partial charge in [0.25, 0.3) is 5.91 Å². The summed E-state index contributed by atoms with van der Waals surface area (Å²) in [5.74, 6) is -0.715. The third kappa shape index (κ3) is 3.98. The van der Waals surface area contributed by atoms with Gasteiger partial charge in [-0.1, -0.05) is 23.7 Å². The van der Waals surface area contributed by atoms with Crippen LogP contribution in [0.3, 0.4) is 0 Å². The lowest BCUT2D eigenvalue weighted by Crippen LogP contribution is -2.13. The number of nitrogens with one attached hydrogen (secondary N) is 1. The summed E-state index contributed by atoms with van der Waals surface area (Å²) < 4.78 is 5.76. The van der Waals surface area contributed by atoms with Crippen LogP contribution >= 0.6 is 34.2 Å². The minimum absolute atomic E-state index is 0.232. The van der Waals surface area contributed by atoms with Crippen LogP contribution in [0.5, 0.6) is 0 Å². The van der Waals surface area contributed by atoms with Gasteiger partial charge in [0, 0.05) is 9.26 Å². The van der Waals surface area contributed by atoms with Crippen molar-refractivity contribution in [2.24, 2.45) is 0 Å². The number of hydrogen-bond donors (Lipinski definition) is 1. The normalized spacial score (nSPS) is 10.1. The van der Waals surface area contributed by atoms with Crippen LogP contribution in [0.15, 0.2) is 42.5 Å². The molecule has 114 valence electrons. The number of benzene rings is 2. The number of halogens is 2. The average molecular weight is 430 g/mol. The lowest BCUT2D eigenvalue weighted by molar-refractivity contribution is 0.0526. The van der Waals surface area contributed by atoms with Gasteiger partial charge in [0.15, 0.2) is 0 Å². The van der Waals surface area contributed by atoms with Crippen LogP contribution in [0.25, 0.3) is 0 Å². The number of rotatable bonds is 4. The number of ether oxygens (including phenoxy) is 1. The third-order valence-corrected chi connectivity index (χ3v) is 4.09. The minimum Gasteiger partial charge on any atom is -0.462 e. The highest BCUT2D eigenvalue weighted by Crippen LogP contribution is 2.23. The second kappa shape index (κ2) is 7.60. The van der Waals surface area contributed by atoms with E-state index in [9.17, 15) is 9.59 Å². The van der Waals surface area contributed by atoms with Crippen molar-refractivity contribution < 1.29 is 14.3 Å². The zero-order valence-corrected chi connectivity index (χ0v) is 14.6. The van der Waals surface area contributed by atoms with Crippen molar-refractivity contribution in [3.05, 3.63) is 62.2 Å². The second-order valence-corrected chi connectivity index (χ2v) is 5.92. The Hall–Kier alpha value is -1.60. The molecule has 2 aromatic carbocycles. The maximum absolute atomic E-state index is 12.2. The Labute approximate surface area is 146 Å². The van der Waals surface area contributed by atoms with E-state index >= 15 is 0 Å². The fraction of sp³-hybridized carbons (Fsp3) is 0.125. The Morgan fingerprint density at radius 3 is 2.55 bits per heavy atom. The van der Waals surface area contributed by atoms with Crippen LogP contribution in [-0.2, 0) is 4.74 Å². The number of carbonyl (C=O) groups is 2. The molecule has 1 N–H and O–H groups in total. The monoisotopic (exact) mass is 429 g/mol. The van der Waals surface area contributed by atoms with Gasteiger partial charge in [-0.15, -0.1) is 0 Å². The molecule has 1 amide bonds. The van der Waals surface area contributed by atoms with Gasteiger partial charge in [0.2, 0.25) is 0 Å². The molecule has 0 radical (unpaired) electrons. The number of esters is 1. The molecule has 0 atom stereocenters. The molecule has 0 bridgehead atoms. The fourth-order valence-corrected chi connectivity index (χ4v) is 2.70. The zero-order chi connectivity index (χ0) is 16.1. The number of anilines is 1. The molecule has 0 aliphatic rings. The first-order valence-corrected chi connectivity index (χ1v) is 8.01. The maximum Gasteiger partial charge on any atom is 0.339 e. The summed E-state index contributed by atoms with van der Waals surface area (Å²) in [5, 5.41) is 2.99. The largest absolute Gasteiger partial charge is 0.462 e. The van der Waals surface area contributed by atoms with E-state index in [0.717, 1.165) is 3.57 Å². The molecule has 0 unspecified atom stereocenters. The molecule has 0 heterocycles. The van der Waals surface area contributed by atoms with Crippen molar-refractivity contribution in [2.45, 2.75) is 6.92 Å². The van der Waals surface area contributed by atoms with Gasteiger partial charge in [-0.05, 0) is 59.8 Å². The van der Waals surface area contributed by atoms with Crippen LogP contribution in [-0.4, -0.2) is 18.5 Å². The molecule has 0 saturated heterocycles. The number of carbonyl (C=O) groups excluding carboxylic acids is 2. The zero-order valence-electron chi connectivity index (χ0n) is 11.7. The lowest BCUT2D eigenvalue weighted by Gasteiger charge is -2.09. The SMILES string of the molecule is CCOC(=O)c1ccc(NC(=O)c2ccccc2I)cc1Cl. The van der Waals surface area contributed by atoms with E-state index in [2.05, 4.69) is 27.9 Å². The first-order chi connectivity index (χ1) is 10.5. The molecular formula is C16H13ClINO3. The van der Waals surface area contributed by atoms with E-state index in [0.29, 0.717) is 11.3 Å². The molecule has 0 aliphatic heterocycles. The van der Waals surface area contributed by atoms with Crippen molar-refractivity contribution in [3.8, 4) is 0 Å². The minimum atomic E-state index is -0.483. The van der Waals surface area contributed by atoms with Gasteiger partial charge >= 0.3 is 5.97 Å². The summed E-state index contributed by atoms with van der Waals surface area (Å²) in [6, 6.07) is 11.9. The Kier molecular flexibility index (Phi) is 5.79. The van der Waals surface area contributed by atoms with E-state index < -0.39 is 5.97 Å². The van der Waals surface area contributed by atoms with Crippen molar-refractivity contribution in [3.63, 3.8) is 0 Å². The Bertz CT molecular complexity index is 718. The van der Waals surface area contributed by atoms with Crippen molar-refractivity contribution in [1.29, 1.82) is 0 Å². The van der Waals surface area contributed by atoms with Gasteiger partial charge in [0.05, 0.1) is 22.8 Å². The van der Waals surface area contributed by atoms with Crippen molar-refractivity contribution in [1.82, 2.24) is 0 Å². The molecule has 4 nitrogen and oxygen atoms in total. The van der Waals surface area contributed by atoms with Crippen LogP contribution in [0.4, 0.5) is 5.69 Å². The third-order valence-electron chi connectivity index (χ3n) is 2.84. The molecule has 0 aromatic heterocycles. The average Bonchev–Trinajstić information content (AvgIpc) is 2.47. The van der Waals surface area contributed by atoms with E-state index in [4.69, 9.17) is 16.3 Å². The molecule has 2 rings (SSSR count). The van der Waals surface area contributed by atoms with Crippen LogP contribution in [0, 0.1) is 3.57 Å². The fourth-order valence-electron chi connectivity index (χ4n) is 1.81. The predicted octanol–water partition coefficient (Wildman–Crippen LogP) is 4.37. The van der Waals surface area contributed by atoms with E-state index in [-0.39, 0.29) is 23.1 Å². The van der Waals surface area contributed by atoms with E-state index in [1.165, 1.54) is 12.1 Å².